The second-order valence-electron chi connectivity index (χ2n) is 6.23. The lowest BCUT2D eigenvalue weighted by Crippen LogP contribution is -2.43. The second kappa shape index (κ2) is 8.26. The van der Waals surface area contributed by atoms with Crippen LogP contribution < -0.4 is 4.72 Å². The summed E-state index contributed by atoms with van der Waals surface area (Å²) in [6.07, 6.45) is 1.31. The molecule has 0 spiro atoms. The van der Waals surface area contributed by atoms with Gasteiger partial charge in [0.2, 0.25) is 10.0 Å². The topological polar surface area (TPSA) is 127 Å². The lowest BCUT2D eigenvalue weighted by atomic mass is 10.2. The van der Waals surface area contributed by atoms with Gasteiger partial charge >= 0.3 is 5.97 Å². The summed E-state index contributed by atoms with van der Waals surface area (Å²) in [5, 5.41) is 0. The molecule has 11 heteroatoms. The van der Waals surface area contributed by atoms with E-state index in [2.05, 4.69) is 4.72 Å². The molecule has 1 N–H and O–H groups in total. The van der Waals surface area contributed by atoms with Crippen LogP contribution in [0.1, 0.15) is 23.7 Å². The van der Waals surface area contributed by atoms with Gasteiger partial charge in [-0.2, -0.15) is 0 Å². The minimum Gasteiger partial charge on any atom is -0.452 e. The predicted molar refractivity (Wildman–Crippen MR) is 99.6 cm³/mol. The number of ether oxygens (including phenoxy) is 1. The quantitative estimate of drug-likeness (QED) is 0.629. The second-order valence-corrected chi connectivity index (χ2v) is 10.2. The summed E-state index contributed by atoms with van der Waals surface area (Å²) in [6.45, 7) is 1.45. The molecule has 1 saturated heterocycles. The van der Waals surface area contributed by atoms with E-state index >= 15 is 0 Å². The van der Waals surface area contributed by atoms with Gasteiger partial charge in [0.05, 0.1) is 29.0 Å². The fraction of sp³-hybridized carbons (Fsp3) is 0.500. The summed E-state index contributed by atoms with van der Waals surface area (Å²) in [6, 6.07) is 5.44. The number of likely N-dealkylation sites (N-methyl/N-ethyl adjacent to an activating group) is 1. The van der Waals surface area contributed by atoms with Crippen molar-refractivity contribution in [3.63, 3.8) is 0 Å². The zero-order valence-electron chi connectivity index (χ0n) is 15.0. The summed E-state index contributed by atoms with van der Waals surface area (Å²) in [5.41, 5.74) is 0.0221. The minimum absolute atomic E-state index is 0.0257. The molecule has 2 rings (SSSR count). The van der Waals surface area contributed by atoms with E-state index in [0.717, 1.165) is 6.26 Å². The number of hydrogen-bond acceptors (Lipinski definition) is 7. The summed E-state index contributed by atoms with van der Waals surface area (Å²) >= 11 is 0. The van der Waals surface area contributed by atoms with Crippen LogP contribution in [-0.2, 0) is 29.4 Å². The molecule has 0 bridgehead atoms. The molecule has 1 aliphatic heterocycles. The molecule has 0 aliphatic carbocycles. The Labute approximate surface area is 158 Å². The maximum Gasteiger partial charge on any atom is 0.340 e. The average molecular weight is 418 g/mol. The van der Waals surface area contributed by atoms with E-state index in [-0.39, 0.29) is 22.8 Å². The lowest BCUT2D eigenvalue weighted by Gasteiger charge is -2.26. The fourth-order valence-corrected chi connectivity index (χ4v) is 5.21. The van der Waals surface area contributed by atoms with Crippen molar-refractivity contribution in [2.75, 3.05) is 35.6 Å². The first-order valence-electron chi connectivity index (χ1n) is 8.26. The molecule has 0 radical (unpaired) electrons. The molecule has 9 nitrogen and oxygen atoms in total. The van der Waals surface area contributed by atoms with Crippen LogP contribution >= 0.6 is 0 Å². The van der Waals surface area contributed by atoms with E-state index in [0.29, 0.717) is 13.0 Å². The van der Waals surface area contributed by atoms with Gasteiger partial charge in [0.1, 0.15) is 0 Å². The van der Waals surface area contributed by atoms with E-state index in [1.807, 2.05) is 0 Å². The third-order valence-corrected chi connectivity index (χ3v) is 6.42. The molecule has 1 atom stereocenters. The predicted octanol–water partition coefficient (Wildman–Crippen LogP) is 0.251. The standard InChI is InChI=1S/C16H22N2O7S2/c1-3-18(12-8-9-27(23,24)11-12)15(19)10-25-16(20)13-6-4-5-7-14(13)17-26(2,21)22/h4-7,12,17H,3,8-11H2,1-2H3/t12-/m0/s1. The average Bonchev–Trinajstić information content (AvgIpc) is 2.92. The summed E-state index contributed by atoms with van der Waals surface area (Å²) in [4.78, 5) is 26.0. The molecule has 1 amide bonds. The van der Waals surface area contributed by atoms with E-state index in [9.17, 15) is 26.4 Å². The van der Waals surface area contributed by atoms with Crippen molar-refractivity contribution in [3.05, 3.63) is 29.8 Å². The van der Waals surface area contributed by atoms with Gasteiger partial charge < -0.3 is 9.64 Å². The van der Waals surface area contributed by atoms with E-state index in [1.165, 1.54) is 23.1 Å². The first-order chi connectivity index (χ1) is 12.5. The van der Waals surface area contributed by atoms with Crippen LogP contribution in [0.5, 0.6) is 0 Å². The van der Waals surface area contributed by atoms with E-state index in [4.69, 9.17) is 4.74 Å². The number of amides is 1. The molecule has 1 aromatic rings. The smallest absolute Gasteiger partial charge is 0.340 e. The Balaban J connectivity index is 2.04. The summed E-state index contributed by atoms with van der Waals surface area (Å²) in [5.74, 6) is -1.42. The largest absolute Gasteiger partial charge is 0.452 e. The highest BCUT2D eigenvalue weighted by Gasteiger charge is 2.34. The van der Waals surface area contributed by atoms with Crippen LogP contribution in [-0.4, -0.2) is 70.6 Å². The first-order valence-corrected chi connectivity index (χ1v) is 12.0. The number of benzene rings is 1. The number of sulfonamides is 1. The van der Waals surface area contributed by atoms with Gasteiger partial charge in [0, 0.05) is 12.6 Å². The Morgan fingerprint density at radius 1 is 1.30 bits per heavy atom. The Morgan fingerprint density at radius 2 is 1.96 bits per heavy atom. The highest BCUT2D eigenvalue weighted by atomic mass is 32.2. The number of para-hydroxylation sites is 1. The Kier molecular flexibility index (Phi) is 6.47. The summed E-state index contributed by atoms with van der Waals surface area (Å²) < 4.78 is 53.2. The number of carbonyl (C=O) groups is 2. The van der Waals surface area contributed by atoms with Crippen LogP contribution in [0, 0.1) is 0 Å². The highest BCUT2D eigenvalue weighted by molar-refractivity contribution is 7.92. The molecule has 150 valence electrons. The van der Waals surface area contributed by atoms with Gasteiger partial charge in [-0.05, 0) is 25.5 Å². The fourth-order valence-electron chi connectivity index (χ4n) is 2.90. The van der Waals surface area contributed by atoms with Crippen molar-refractivity contribution in [1.29, 1.82) is 0 Å². The van der Waals surface area contributed by atoms with Gasteiger partial charge in [0.25, 0.3) is 5.91 Å². The van der Waals surface area contributed by atoms with Gasteiger partial charge in [-0.25, -0.2) is 21.6 Å². The molecule has 1 heterocycles. The zero-order valence-corrected chi connectivity index (χ0v) is 16.7. The van der Waals surface area contributed by atoms with Crippen molar-refractivity contribution in [2.45, 2.75) is 19.4 Å². The molecule has 27 heavy (non-hydrogen) atoms. The number of hydrogen-bond donors (Lipinski definition) is 1. The van der Waals surface area contributed by atoms with Crippen molar-refractivity contribution in [2.24, 2.45) is 0 Å². The van der Waals surface area contributed by atoms with Crippen LogP contribution in [0.2, 0.25) is 0 Å². The molecule has 1 aromatic carbocycles. The van der Waals surface area contributed by atoms with Crippen LogP contribution in [0.25, 0.3) is 0 Å². The van der Waals surface area contributed by atoms with Crippen molar-refractivity contribution < 1.29 is 31.2 Å². The maximum atomic E-state index is 12.4. The monoisotopic (exact) mass is 418 g/mol. The van der Waals surface area contributed by atoms with Gasteiger partial charge in [-0.15, -0.1) is 0 Å². The molecule has 0 unspecified atom stereocenters. The Morgan fingerprint density at radius 3 is 2.52 bits per heavy atom. The number of anilines is 1. The van der Waals surface area contributed by atoms with Crippen molar-refractivity contribution in [3.8, 4) is 0 Å². The van der Waals surface area contributed by atoms with Gasteiger partial charge in [-0.3, -0.25) is 9.52 Å². The first kappa shape index (κ1) is 21.2. The number of nitrogens with one attached hydrogen (secondary N) is 1. The summed E-state index contributed by atoms with van der Waals surface area (Å²) in [7, 11) is -6.74. The lowest BCUT2D eigenvalue weighted by molar-refractivity contribution is -0.136. The third-order valence-electron chi connectivity index (χ3n) is 4.08. The Hall–Kier alpha value is -2.14. The molecule has 0 aromatic heterocycles. The van der Waals surface area contributed by atoms with Gasteiger partial charge in [-0.1, -0.05) is 12.1 Å². The number of sulfone groups is 1. The molecular formula is C16H22N2O7S2. The number of carbonyl (C=O) groups excluding carboxylic acids is 2. The van der Waals surface area contributed by atoms with Crippen LogP contribution in [0.4, 0.5) is 5.69 Å². The van der Waals surface area contributed by atoms with Gasteiger partial charge in [0.15, 0.2) is 16.4 Å². The molecule has 1 fully saturated rings. The van der Waals surface area contributed by atoms with Crippen LogP contribution in [0.3, 0.4) is 0 Å². The number of nitrogens with zero attached hydrogens (tertiary/aromatic N) is 1. The van der Waals surface area contributed by atoms with Crippen molar-refractivity contribution in [1.82, 2.24) is 4.90 Å². The number of rotatable bonds is 7. The SMILES string of the molecule is CCN(C(=O)COC(=O)c1ccccc1NS(C)(=O)=O)[C@H]1CCS(=O)(=O)C1. The van der Waals surface area contributed by atoms with Crippen molar-refractivity contribution >= 4 is 37.4 Å². The zero-order chi connectivity index (χ0) is 20.2. The number of esters is 1. The third kappa shape index (κ3) is 5.93. The normalized spacial score (nSPS) is 18.7. The Bertz CT molecular complexity index is 926. The molecular weight excluding hydrogens is 396 g/mol. The highest BCUT2D eigenvalue weighted by Crippen LogP contribution is 2.19. The van der Waals surface area contributed by atoms with E-state index < -0.39 is 44.4 Å². The maximum absolute atomic E-state index is 12.4. The molecule has 0 saturated carbocycles. The molecule has 1 aliphatic rings. The van der Waals surface area contributed by atoms with E-state index in [1.54, 1.807) is 13.0 Å². The minimum atomic E-state index is -3.59. The van der Waals surface area contributed by atoms with Crippen LogP contribution in [0.15, 0.2) is 24.3 Å².